The van der Waals surface area contributed by atoms with Crippen LogP contribution in [0.25, 0.3) is 0 Å². The Balaban J connectivity index is 2.56. The molecule has 2 amide bonds. The number of carbonyl (C=O) groups excluding carboxylic acids is 2. The SMILES string of the molecule is O=C1NC(C(=O)NCCCO)CCCCCCC1CS. The maximum absolute atomic E-state index is 12.1. The number of amides is 2. The topological polar surface area (TPSA) is 78.4 Å². The Bertz CT molecular complexity index is 313. The Morgan fingerprint density at radius 3 is 2.65 bits per heavy atom. The molecule has 20 heavy (non-hydrogen) atoms. The van der Waals surface area contributed by atoms with Crippen LogP contribution < -0.4 is 10.6 Å². The molecule has 0 aromatic heterocycles. The lowest BCUT2D eigenvalue weighted by molar-refractivity contribution is -0.131. The van der Waals surface area contributed by atoms with Crippen molar-refractivity contribution in [1.82, 2.24) is 10.6 Å². The van der Waals surface area contributed by atoms with Gasteiger partial charge in [0, 0.05) is 24.8 Å². The first-order chi connectivity index (χ1) is 9.69. The molecular weight excluding hydrogens is 276 g/mol. The second-order valence-corrected chi connectivity index (χ2v) is 5.67. The van der Waals surface area contributed by atoms with Gasteiger partial charge in [0.2, 0.25) is 11.8 Å². The van der Waals surface area contributed by atoms with Crippen molar-refractivity contribution in [2.45, 2.75) is 51.0 Å². The number of hydrogen-bond donors (Lipinski definition) is 4. The van der Waals surface area contributed by atoms with Gasteiger partial charge in [0.25, 0.3) is 0 Å². The van der Waals surface area contributed by atoms with Crippen LogP contribution in [0.5, 0.6) is 0 Å². The van der Waals surface area contributed by atoms with Gasteiger partial charge >= 0.3 is 0 Å². The Labute approximate surface area is 126 Å². The van der Waals surface area contributed by atoms with E-state index in [2.05, 4.69) is 23.3 Å². The lowest BCUT2D eigenvalue weighted by Crippen LogP contribution is -2.49. The summed E-state index contributed by atoms with van der Waals surface area (Å²) in [5.41, 5.74) is 0. The van der Waals surface area contributed by atoms with Crippen molar-refractivity contribution < 1.29 is 14.7 Å². The Morgan fingerprint density at radius 2 is 2.00 bits per heavy atom. The summed E-state index contributed by atoms with van der Waals surface area (Å²) < 4.78 is 0. The number of carbonyl (C=O) groups is 2. The summed E-state index contributed by atoms with van der Waals surface area (Å²) in [5, 5.41) is 14.3. The zero-order chi connectivity index (χ0) is 14.8. The van der Waals surface area contributed by atoms with Crippen LogP contribution >= 0.6 is 12.6 Å². The van der Waals surface area contributed by atoms with Crippen LogP contribution in [0.1, 0.15) is 44.9 Å². The van der Waals surface area contributed by atoms with Crippen molar-refractivity contribution in [2.24, 2.45) is 5.92 Å². The van der Waals surface area contributed by atoms with Gasteiger partial charge in [-0.15, -0.1) is 0 Å². The summed E-state index contributed by atoms with van der Waals surface area (Å²) in [4.78, 5) is 24.2. The molecule has 0 spiro atoms. The van der Waals surface area contributed by atoms with E-state index < -0.39 is 6.04 Å². The Morgan fingerprint density at radius 1 is 1.30 bits per heavy atom. The first-order valence-electron chi connectivity index (χ1n) is 7.49. The van der Waals surface area contributed by atoms with E-state index in [4.69, 9.17) is 5.11 Å². The molecule has 3 N–H and O–H groups in total. The van der Waals surface area contributed by atoms with Crippen LogP contribution in [0.3, 0.4) is 0 Å². The van der Waals surface area contributed by atoms with Crippen molar-refractivity contribution in [1.29, 1.82) is 0 Å². The molecule has 1 aliphatic heterocycles. The van der Waals surface area contributed by atoms with E-state index in [0.717, 1.165) is 32.1 Å². The first-order valence-corrected chi connectivity index (χ1v) is 8.12. The van der Waals surface area contributed by atoms with Gasteiger partial charge in [-0.25, -0.2) is 0 Å². The van der Waals surface area contributed by atoms with Gasteiger partial charge in [0.05, 0.1) is 0 Å². The van der Waals surface area contributed by atoms with Crippen molar-refractivity contribution in [2.75, 3.05) is 18.9 Å². The summed E-state index contributed by atoms with van der Waals surface area (Å²) in [6.45, 7) is 0.497. The highest BCUT2D eigenvalue weighted by Gasteiger charge is 2.25. The molecule has 0 bridgehead atoms. The minimum atomic E-state index is -0.457. The highest BCUT2D eigenvalue weighted by atomic mass is 32.1. The zero-order valence-corrected chi connectivity index (χ0v) is 12.8. The fourth-order valence-electron chi connectivity index (χ4n) is 2.37. The molecule has 2 unspecified atom stereocenters. The molecule has 5 nitrogen and oxygen atoms in total. The van der Waals surface area contributed by atoms with E-state index in [-0.39, 0.29) is 24.3 Å². The monoisotopic (exact) mass is 302 g/mol. The van der Waals surface area contributed by atoms with Crippen LogP contribution in [0.2, 0.25) is 0 Å². The lowest BCUT2D eigenvalue weighted by Gasteiger charge is -2.23. The third-order valence-corrected chi connectivity index (χ3v) is 4.09. The number of nitrogens with one attached hydrogen (secondary N) is 2. The standard InChI is InChI=1S/C14H26N2O3S/c17-9-5-8-15-14(19)12-7-4-2-1-3-6-11(10-20)13(18)16-12/h11-12,17,20H,1-10H2,(H,15,19)(H,16,18). The zero-order valence-electron chi connectivity index (χ0n) is 11.9. The summed E-state index contributed by atoms with van der Waals surface area (Å²) in [5.74, 6) is 0.198. The molecule has 0 aromatic carbocycles. The van der Waals surface area contributed by atoms with E-state index in [0.29, 0.717) is 25.1 Å². The third kappa shape index (κ3) is 6.13. The van der Waals surface area contributed by atoms with Crippen LogP contribution in [-0.4, -0.2) is 41.9 Å². The van der Waals surface area contributed by atoms with Crippen molar-refractivity contribution in [3.05, 3.63) is 0 Å². The highest BCUT2D eigenvalue weighted by Crippen LogP contribution is 2.16. The van der Waals surface area contributed by atoms with E-state index in [1.54, 1.807) is 0 Å². The van der Waals surface area contributed by atoms with Gasteiger partial charge in [0.1, 0.15) is 6.04 Å². The first kappa shape index (κ1) is 17.3. The highest BCUT2D eigenvalue weighted by molar-refractivity contribution is 7.80. The van der Waals surface area contributed by atoms with Crippen molar-refractivity contribution in [3.63, 3.8) is 0 Å². The molecule has 116 valence electrons. The van der Waals surface area contributed by atoms with Gasteiger partial charge in [-0.3, -0.25) is 9.59 Å². The second kappa shape index (κ2) is 10.0. The Hall–Kier alpha value is -0.750. The molecule has 1 heterocycles. The third-order valence-electron chi connectivity index (χ3n) is 3.65. The molecule has 0 aromatic rings. The summed E-state index contributed by atoms with van der Waals surface area (Å²) in [6, 6.07) is -0.457. The maximum Gasteiger partial charge on any atom is 0.242 e. The van der Waals surface area contributed by atoms with Gasteiger partial charge < -0.3 is 15.7 Å². The van der Waals surface area contributed by atoms with E-state index in [9.17, 15) is 9.59 Å². The van der Waals surface area contributed by atoms with Crippen LogP contribution in [0, 0.1) is 5.92 Å². The van der Waals surface area contributed by atoms with Crippen molar-refractivity contribution >= 4 is 24.4 Å². The van der Waals surface area contributed by atoms with Gasteiger partial charge in [0.15, 0.2) is 0 Å². The molecule has 2 atom stereocenters. The minimum Gasteiger partial charge on any atom is -0.396 e. The average Bonchev–Trinajstić information content (AvgIpc) is 2.45. The predicted molar refractivity (Wildman–Crippen MR) is 81.7 cm³/mol. The fraction of sp³-hybridized carbons (Fsp3) is 0.857. The summed E-state index contributed by atoms with van der Waals surface area (Å²) >= 11 is 4.23. The number of aliphatic hydroxyl groups is 1. The summed E-state index contributed by atoms with van der Waals surface area (Å²) in [7, 11) is 0. The summed E-state index contributed by atoms with van der Waals surface area (Å²) in [6.07, 6.45) is 6.25. The van der Waals surface area contributed by atoms with Crippen LogP contribution in [0.15, 0.2) is 0 Å². The van der Waals surface area contributed by atoms with E-state index >= 15 is 0 Å². The molecule has 0 aliphatic carbocycles. The van der Waals surface area contributed by atoms with E-state index in [1.807, 2.05) is 0 Å². The number of thiol groups is 1. The van der Waals surface area contributed by atoms with Crippen LogP contribution in [0.4, 0.5) is 0 Å². The van der Waals surface area contributed by atoms with E-state index in [1.165, 1.54) is 0 Å². The van der Waals surface area contributed by atoms with Gasteiger partial charge in [-0.05, 0) is 19.3 Å². The molecule has 6 heteroatoms. The largest absolute Gasteiger partial charge is 0.396 e. The predicted octanol–water partition coefficient (Wildman–Crippen LogP) is 0.870. The van der Waals surface area contributed by atoms with Crippen molar-refractivity contribution in [3.8, 4) is 0 Å². The second-order valence-electron chi connectivity index (χ2n) is 5.30. The number of hydrogen-bond acceptors (Lipinski definition) is 4. The number of rotatable bonds is 5. The Kier molecular flexibility index (Phi) is 8.69. The molecule has 0 radical (unpaired) electrons. The minimum absolute atomic E-state index is 0.0546. The molecule has 1 rings (SSSR count). The molecule has 0 saturated carbocycles. The normalized spacial score (nSPS) is 24.8. The van der Waals surface area contributed by atoms with Gasteiger partial charge in [-0.2, -0.15) is 12.6 Å². The lowest BCUT2D eigenvalue weighted by atomic mass is 9.97. The molecule has 1 saturated heterocycles. The molecular formula is C14H26N2O3S. The number of aliphatic hydroxyl groups excluding tert-OH is 1. The van der Waals surface area contributed by atoms with Crippen LogP contribution in [-0.2, 0) is 9.59 Å². The maximum atomic E-state index is 12.1. The smallest absolute Gasteiger partial charge is 0.242 e. The quantitative estimate of drug-likeness (QED) is 0.449. The molecule has 1 fully saturated rings. The average molecular weight is 302 g/mol. The van der Waals surface area contributed by atoms with Gasteiger partial charge in [-0.1, -0.05) is 25.7 Å². The fourth-order valence-corrected chi connectivity index (χ4v) is 2.72. The molecule has 1 aliphatic rings.